The highest BCUT2D eigenvalue weighted by Crippen LogP contribution is 2.42. The third kappa shape index (κ3) is 6.66. The number of ketones is 1. The molecule has 6 rings (SSSR count). The van der Waals surface area contributed by atoms with Gasteiger partial charge in [-0.25, -0.2) is 9.78 Å². The van der Waals surface area contributed by atoms with Crippen LogP contribution in [-0.2, 0) is 19.1 Å². The van der Waals surface area contributed by atoms with Gasteiger partial charge < -0.3 is 25.7 Å². The fraction of sp³-hybridized carbons (Fsp3) is 0.176. The van der Waals surface area contributed by atoms with Crippen molar-refractivity contribution in [2.45, 2.75) is 24.4 Å². The number of thiazole rings is 1. The third-order valence-corrected chi connectivity index (χ3v) is 9.72. The first kappa shape index (κ1) is 32.5. The molecule has 14 heteroatoms. The van der Waals surface area contributed by atoms with Gasteiger partial charge in [-0.3, -0.25) is 19.3 Å². The van der Waals surface area contributed by atoms with Crippen LogP contribution in [0.2, 0.25) is 0 Å². The first-order valence-corrected chi connectivity index (χ1v) is 16.6. The molecule has 0 aliphatic carbocycles. The smallest absolute Gasteiger partial charge is 0.356 e. The second-order valence-corrected chi connectivity index (χ2v) is 12.8. The van der Waals surface area contributed by atoms with Crippen molar-refractivity contribution in [2.75, 3.05) is 18.1 Å². The van der Waals surface area contributed by atoms with Crippen molar-refractivity contribution in [3.8, 4) is 5.75 Å². The van der Waals surface area contributed by atoms with E-state index in [0.717, 1.165) is 22.5 Å². The number of oxime groups is 1. The van der Waals surface area contributed by atoms with Crippen LogP contribution in [0.25, 0.3) is 0 Å². The normalized spacial score (nSPS) is 17.4. The zero-order valence-corrected chi connectivity index (χ0v) is 27.1. The number of rotatable bonds is 11. The SMILES string of the molecule is CC(=O)c1ccc(OCC2=C(C(=O)OC(c3ccccc3)c3ccccc3)N3C(=O)C(NC(=O)/C(=N\O)c4csc(N)n4)[C@H]3SC2)cc1. The number of esters is 1. The fourth-order valence-corrected chi connectivity index (χ4v) is 7.18. The van der Waals surface area contributed by atoms with Crippen molar-refractivity contribution in [1.82, 2.24) is 15.2 Å². The van der Waals surface area contributed by atoms with Gasteiger partial charge in [0.2, 0.25) is 0 Å². The van der Waals surface area contributed by atoms with Crippen molar-refractivity contribution in [2.24, 2.45) is 5.16 Å². The van der Waals surface area contributed by atoms with Crippen LogP contribution >= 0.6 is 23.1 Å². The zero-order chi connectivity index (χ0) is 33.8. The number of nitrogens with one attached hydrogen (secondary N) is 1. The molecular weight excluding hydrogens is 655 g/mol. The minimum atomic E-state index is -1.03. The number of ether oxygens (including phenoxy) is 2. The minimum absolute atomic E-state index is 0.0230. The Balaban J connectivity index is 1.28. The molecule has 1 saturated heterocycles. The molecule has 1 aromatic heterocycles. The van der Waals surface area contributed by atoms with E-state index in [1.807, 2.05) is 60.7 Å². The fourth-order valence-electron chi connectivity index (χ4n) is 5.31. The van der Waals surface area contributed by atoms with Crippen LogP contribution in [0.4, 0.5) is 5.13 Å². The van der Waals surface area contributed by atoms with Gasteiger partial charge in [-0.2, -0.15) is 0 Å². The lowest BCUT2D eigenvalue weighted by atomic mass is 10.0. The maximum atomic E-state index is 14.2. The molecule has 3 aromatic carbocycles. The molecule has 2 aliphatic rings. The maximum Gasteiger partial charge on any atom is 0.356 e. The van der Waals surface area contributed by atoms with Crippen LogP contribution in [0.15, 0.2) is 107 Å². The van der Waals surface area contributed by atoms with E-state index < -0.39 is 41.0 Å². The number of nitrogen functional groups attached to an aromatic ring is 1. The Labute approximate surface area is 283 Å². The van der Waals surface area contributed by atoms with Gasteiger partial charge in [0.1, 0.15) is 35.2 Å². The number of benzene rings is 3. The first-order chi connectivity index (χ1) is 23.2. The number of amides is 2. The van der Waals surface area contributed by atoms with Gasteiger partial charge >= 0.3 is 5.97 Å². The first-order valence-electron chi connectivity index (χ1n) is 14.7. The van der Waals surface area contributed by atoms with Crippen LogP contribution in [0, 0.1) is 0 Å². The largest absolute Gasteiger partial charge is 0.489 e. The molecule has 2 aliphatic heterocycles. The number of thioether (sulfide) groups is 1. The highest BCUT2D eigenvalue weighted by Gasteiger charge is 2.55. The summed E-state index contributed by atoms with van der Waals surface area (Å²) < 4.78 is 12.2. The molecule has 244 valence electrons. The van der Waals surface area contributed by atoms with Crippen molar-refractivity contribution >= 4 is 57.5 Å². The van der Waals surface area contributed by atoms with E-state index in [9.17, 15) is 24.4 Å². The molecule has 0 bridgehead atoms. The number of carbonyl (C=O) groups is 4. The summed E-state index contributed by atoms with van der Waals surface area (Å²) in [6.07, 6.45) is -0.775. The van der Waals surface area contributed by atoms with Gasteiger partial charge in [0.05, 0.1) is 0 Å². The van der Waals surface area contributed by atoms with Gasteiger partial charge in [-0.05, 0) is 42.3 Å². The van der Waals surface area contributed by atoms with Crippen LogP contribution in [0.3, 0.4) is 0 Å². The van der Waals surface area contributed by atoms with E-state index in [4.69, 9.17) is 15.2 Å². The van der Waals surface area contributed by atoms with E-state index in [1.165, 1.54) is 29.0 Å². The Bertz CT molecular complexity index is 1870. The quantitative estimate of drug-likeness (QED) is 0.0520. The minimum Gasteiger partial charge on any atom is -0.489 e. The summed E-state index contributed by atoms with van der Waals surface area (Å²) in [5.41, 5.74) is 7.86. The summed E-state index contributed by atoms with van der Waals surface area (Å²) in [6, 6.07) is 24.1. The summed E-state index contributed by atoms with van der Waals surface area (Å²) >= 11 is 2.40. The van der Waals surface area contributed by atoms with Gasteiger partial charge in [0, 0.05) is 22.3 Å². The Hall–Kier alpha value is -5.47. The van der Waals surface area contributed by atoms with E-state index in [0.29, 0.717) is 16.9 Å². The highest BCUT2D eigenvalue weighted by molar-refractivity contribution is 8.00. The highest BCUT2D eigenvalue weighted by atomic mass is 32.2. The van der Waals surface area contributed by atoms with E-state index in [-0.39, 0.29) is 34.7 Å². The van der Waals surface area contributed by atoms with Crippen molar-refractivity contribution in [3.63, 3.8) is 0 Å². The average molecular weight is 684 g/mol. The lowest BCUT2D eigenvalue weighted by molar-refractivity contribution is -0.154. The Kier molecular flexibility index (Phi) is 9.55. The molecule has 12 nitrogen and oxygen atoms in total. The van der Waals surface area contributed by atoms with Gasteiger partial charge in [-0.15, -0.1) is 23.1 Å². The standard InChI is InChI=1S/C34H29N5O7S2/c1-19(40)20-12-14-24(15-13-20)45-16-23-17-47-32-27(37-30(41)26(38-44)25-18-48-34(35)36-25)31(42)39(32)28(23)33(43)46-29(21-8-4-2-5-9-21)22-10-6-3-7-11-22/h2-15,18,27,29,32,44H,16-17H2,1H3,(H2,35,36)(H,37,41)/b38-26-/t27?,32-/m1/s1. The van der Waals surface area contributed by atoms with Crippen LogP contribution in [0.1, 0.15) is 40.2 Å². The number of nitrogens with two attached hydrogens (primary N) is 1. The monoisotopic (exact) mass is 683 g/mol. The van der Waals surface area contributed by atoms with Crippen molar-refractivity contribution < 1.29 is 33.9 Å². The molecular formula is C34H29N5O7S2. The molecule has 0 saturated carbocycles. The zero-order valence-electron chi connectivity index (χ0n) is 25.4. The van der Waals surface area contributed by atoms with Gasteiger partial charge in [0.25, 0.3) is 11.8 Å². The summed E-state index contributed by atoms with van der Waals surface area (Å²) in [4.78, 5) is 57.9. The number of hydrogen-bond acceptors (Lipinski definition) is 12. The third-order valence-electron chi connectivity index (χ3n) is 7.71. The molecule has 2 atom stereocenters. The van der Waals surface area contributed by atoms with Crippen LogP contribution in [-0.4, -0.2) is 68.1 Å². The lowest BCUT2D eigenvalue weighted by Gasteiger charge is -2.49. The van der Waals surface area contributed by atoms with Crippen LogP contribution in [0.5, 0.6) is 5.75 Å². The van der Waals surface area contributed by atoms with E-state index >= 15 is 0 Å². The van der Waals surface area contributed by atoms with E-state index in [2.05, 4.69) is 15.5 Å². The molecule has 4 N–H and O–H groups in total. The number of Topliss-reactive ketones (excluding diaryl/α,β-unsaturated/α-hetero) is 1. The second kappa shape index (κ2) is 14.1. The molecule has 1 fully saturated rings. The molecule has 3 heterocycles. The summed E-state index contributed by atoms with van der Waals surface area (Å²) in [5.74, 6) is -1.45. The molecule has 2 amide bonds. The van der Waals surface area contributed by atoms with Crippen LogP contribution < -0.4 is 15.8 Å². The lowest BCUT2D eigenvalue weighted by Crippen LogP contribution is -2.71. The Morgan fingerprint density at radius 3 is 2.25 bits per heavy atom. The predicted molar refractivity (Wildman–Crippen MR) is 180 cm³/mol. The number of carbonyl (C=O) groups excluding carboxylic acids is 4. The molecule has 1 unspecified atom stereocenters. The van der Waals surface area contributed by atoms with Crippen molar-refractivity contribution in [1.29, 1.82) is 0 Å². The topological polar surface area (TPSA) is 174 Å². The summed E-state index contributed by atoms with van der Waals surface area (Å²) in [7, 11) is 0. The predicted octanol–water partition coefficient (Wildman–Crippen LogP) is 4.17. The number of fused-ring (bicyclic) bond motifs is 1. The van der Waals surface area contributed by atoms with Gasteiger partial charge in [-0.1, -0.05) is 65.8 Å². The number of β-lactam (4-membered cyclic amide) rings is 1. The number of anilines is 1. The molecule has 0 spiro atoms. The number of hydrogen-bond donors (Lipinski definition) is 3. The second-order valence-electron chi connectivity index (χ2n) is 10.8. The molecule has 48 heavy (non-hydrogen) atoms. The number of nitrogens with zero attached hydrogens (tertiary/aromatic N) is 3. The molecule has 4 aromatic rings. The Morgan fingerprint density at radius 2 is 1.69 bits per heavy atom. The Morgan fingerprint density at radius 1 is 1.04 bits per heavy atom. The average Bonchev–Trinajstić information content (AvgIpc) is 3.54. The van der Waals surface area contributed by atoms with Crippen molar-refractivity contribution in [3.05, 3.63) is 124 Å². The number of aromatic nitrogens is 1. The maximum absolute atomic E-state index is 14.2. The summed E-state index contributed by atoms with van der Waals surface area (Å²) in [6.45, 7) is 1.43. The van der Waals surface area contributed by atoms with Gasteiger partial charge in [0.15, 0.2) is 22.7 Å². The molecule has 0 radical (unpaired) electrons. The summed E-state index contributed by atoms with van der Waals surface area (Å²) in [5, 5.41) is 16.2. The van der Waals surface area contributed by atoms with E-state index in [1.54, 1.807) is 24.3 Å².